The fourth-order valence-electron chi connectivity index (χ4n) is 2.34. The van der Waals surface area contributed by atoms with E-state index < -0.39 is 0 Å². The first-order chi connectivity index (χ1) is 9.54. The van der Waals surface area contributed by atoms with E-state index in [1.165, 1.54) is 13.0 Å². The Morgan fingerprint density at radius 3 is 2.50 bits per heavy atom. The third-order valence-electron chi connectivity index (χ3n) is 3.27. The van der Waals surface area contributed by atoms with Gasteiger partial charge in [0.25, 0.3) is 0 Å². The molecule has 0 radical (unpaired) electrons. The minimum absolute atomic E-state index is 0.134. The van der Waals surface area contributed by atoms with E-state index in [1.54, 1.807) is 12.1 Å². The summed E-state index contributed by atoms with van der Waals surface area (Å²) in [5.74, 6) is -0.508. The third-order valence-corrected chi connectivity index (χ3v) is 3.27. The number of anilines is 2. The van der Waals surface area contributed by atoms with Crippen molar-refractivity contribution in [3.8, 4) is 0 Å². The molecule has 3 heteroatoms. The van der Waals surface area contributed by atoms with Crippen LogP contribution in [0.2, 0.25) is 0 Å². The highest BCUT2D eigenvalue weighted by atomic mass is 19.1. The number of Topliss-reactive ketones (excluding diaryl/α,β-unsaturated/α-hetero) is 1. The number of halogens is 1. The Balaban J connectivity index is 2.60. The predicted octanol–water partition coefficient (Wildman–Crippen LogP) is 4.49. The monoisotopic (exact) mass is 271 g/mol. The van der Waals surface area contributed by atoms with Crippen molar-refractivity contribution in [1.82, 2.24) is 0 Å². The third kappa shape index (κ3) is 2.72. The van der Waals surface area contributed by atoms with Crippen LogP contribution < -0.4 is 4.90 Å². The van der Waals surface area contributed by atoms with E-state index in [1.807, 2.05) is 43.0 Å². The van der Waals surface area contributed by atoms with E-state index in [0.29, 0.717) is 17.8 Å². The van der Waals surface area contributed by atoms with Gasteiger partial charge in [0.15, 0.2) is 5.78 Å². The van der Waals surface area contributed by atoms with Gasteiger partial charge in [-0.2, -0.15) is 0 Å². The molecule has 0 bridgehead atoms. The number of carbonyl (C=O) groups excluding carboxylic acids is 1. The molecule has 0 saturated heterocycles. The number of benzene rings is 2. The average Bonchev–Trinajstić information content (AvgIpc) is 2.41. The predicted molar refractivity (Wildman–Crippen MR) is 80.3 cm³/mol. The molecule has 0 aliphatic carbocycles. The number of rotatable bonds is 4. The Kier molecular flexibility index (Phi) is 4.18. The molecule has 0 fully saturated rings. The molecule has 0 spiro atoms. The second-order valence-corrected chi connectivity index (χ2v) is 4.78. The first-order valence-electron chi connectivity index (χ1n) is 6.68. The zero-order valence-electron chi connectivity index (χ0n) is 12.0. The van der Waals surface area contributed by atoms with Crippen LogP contribution in [-0.2, 0) is 0 Å². The van der Waals surface area contributed by atoms with Crippen LogP contribution in [0.1, 0.15) is 29.8 Å². The van der Waals surface area contributed by atoms with Crippen molar-refractivity contribution >= 4 is 17.2 Å². The molecule has 2 aromatic rings. The summed E-state index contributed by atoms with van der Waals surface area (Å²) in [7, 11) is 0. The molecular weight excluding hydrogens is 253 g/mol. The SMILES string of the molecule is CCN(c1cccc(C)c1)c1c(F)cccc1C(C)=O. The highest BCUT2D eigenvalue weighted by molar-refractivity contribution is 6.00. The lowest BCUT2D eigenvalue weighted by molar-refractivity contribution is 0.101. The Bertz CT molecular complexity index is 637. The van der Waals surface area contributed by atoms with Gasteiger partial charge >= 0.3 is 0 Å². The van der Waals surface area contributed by atoms with Gasteiger partial charge in [-0.1, -0.05) is 18.2 Å². The Labute approximate surface area is 118 Å². The number of para-hydroxylation sites is 1. The van der Waals surface area contributed by atoms with Gasteiger partial charge in [-0.25, -0.2) is 4.39 Å². The van der Waals surface area contributed by atoms with Crippen molar-refractivity contribution in [2.24, 2.45) is 0 Å². The van der Waals surface area contributed by atoms with Crippen LogP contribution in [0.15, 0.2) is 42.5 Å². The van der Waals surface area contributed by atoms with Crippen LogP contribution in [-0.4, -0.2) is 12.3 Å². The second kappa shape index (κ2) is 5.87. The summed E-state index contributed by atoms with van der Waals surface area (Å²) in [5.41, 5.74) is 2.75. The molecule has 0 aliphatic rings. The first-order valence-corrected chi connectivity index (χ1v) is 6.68. The summed E-state index contributed by atoms with van der Waals surface area (Å²) in [6.45, 7) is 5.98. The summed E-state index contributed by atoms with van der Waals surface area (Å²) in [4.78, 5) is 13.6. The van der Waals surface area contributed by atoms with Gasteiger partial charge in [0.05, 0.1) is 5.69 Å². The zero-order valence-corrected chi connectivity index (χ0v) is 12.0. The molecule has 0 N–H and O–H groups in total. The van der Waals surface area contributed by atoms with Crippen molar-refractivity contribution in [3.63, 3.8) is 0 Å². The van der Waals surface area contributed by atoms with Crippen LogP contribution >= 0.6 is 0 Å². The van der Waals surface area contributed by atoms with Crippen LogP contribution in [0.3, 0.4) is 0 Å². The van der Waals surface area contributed by atoms with E-state index in [9.17, 15) is 9.18 Å². The molecule has 20 heavy (non-hydrogen) atoms. The topological polar surface area (TPSA) is 20.3 Å². The molecule has 0 saturated carbocycles. The highest BCUT2D eigenvalue weighted by Crippen LogP contribution is 2.31. The fourth-order valence-corrected chi connectivity index (χ4v) is 2.34. The Morgan fingerprint density at radius 2 is 1.90 bits per heavy atom. The maximum atomic E-state index is 14.2. The molecule has 0 unspecified atom stereocenters. The van der Waals surface area contributed by atoms with Gasteiger partial charge in [0.2, 0.25) is 0 Å². The van der Waals surface area contributed by atoms with E-state index >= 15 is 0 Å². The lowest BCUT2D eigenvalue weighted by atomic mass is 10.1. The molecule has 0 heterocycles. The largest absolute Gasteiger partial charge is 0.339 e. The molecule has 0 atom stereocenters. The van der Waals surface area contributed by atoms with Gasteiger partial charge in [-0.3, -0.25) is 4.79 Å². The summed E-state index contributed by atoms with van der Waals surface area (Å²) < 4.78 is 14.2. The summed E-state index contributed by atoms with van der Waals surface area (Å²) in [5, 5.41) is 0. The number of carbonyl (C=O) groups is 1. The lowest BCUT2D eigenvalue weighted by Crippen LogP contribution is -2.20. The van der Waals surface area contributed by atoms with Crippen molar-refractivity contribution in [1.29, 1.82) is 0 Å². The smallest absolute Gasteiger partial charge is 0.162 e. The van der Waals surface area contributed by atoms with Crippen LogP contribution in [0.4, 0.5) is 15.8 Å². The van der Waals surface area contributed by atoms with Gasteiger partial charge in [-0.15, -0.1) is 0 Å². The maximum absolute atomic E-state index is 14.2. The van der Waals surface area contributed by atoms with Crippen molar-refractivity contribution < 1.29 is 9.18 Å². The zero-order chi connectivity index (χ0) is 14.7. The van der Waals surface area contributed by atoms with Gasteiger partial charge in [-0.05, 0) is 50.6 Å². The Morgan fingerprint density at radius 1 is 1.20 bits per heavy atom. The number of ketones is 1. The molecule has 0 aliphatic heterocycles. The summed E-state index contributed by atoms with van der Waals surface area (Å²) in [6.07, 6.45) is 0. The van der Waals surface area contributed by atoms with Crippen molar-refractivity contribution in [3.05, 3.63) is 59.4 Å². The summed E-state index contributed by atoms with van der Waals surface area (Å²) in [6, 6.07) is 12.5. The molecule has 2 nitrogen and oxygen atoms in total. The first kappa shape index (κ1) is 14.3. The highest BCUT2D eigenvalue weighted by Gasteiger charge is 2.18. The van der Waals surface area contributed by atoms with E-state index in [4.69, 9.17) is 0 Å². The molecule has 104 valence electrons. The Hall–Kier alpha value is -2.16. The number of aryl methyl sites for hydroxylation is 1. The molecule has 2 aromatic carbocycles. The number of hydrogen-bond acceptors (Lipinski definition) is 2. The van der Waals surface area contributed by atoms with E-state index in [-0.39, 0.29) is 11.6 Å². The molecule has 0 amide bonds. The van der Waals surface area contributed by atoms with Crippen LogP contribution in [0.25, 0.3) is 0 Å². The maximum Gasteiger partial charge on any atom is 0.162 e. The fraction of sp³-hybridized carbons (Fsp3) is 0.235. The second-order valence-electron chi connectivity index (χ2n) is 4.78. The normalized spacial score (nSPS) is 10.4. The standard InChI is InChI=1S/C17H18FNO/c1-4-19(14-8-5-7-12(2)11-14)17-15(13(3)20)9-6-10-16(17)18/h5-11H,4H2,1-3H3. The quantitative estimate of drug-likeness (QED) is 0.763. The lowest BCUT2D eigenvalue weighted by Gasteiger charge is -2.26. The van der Waals surface area contributed by atoms with Gasteiger partial charge in [0.1, 0.15) is 5.82 Å². The molecular formula is C17H18FNO. The minimum Gasteiger partial charge on any atom is -0.339 e. The van der Waals surface area contributed by atoms with Gasteiger partial charge in [0, 0.05) is 17.8 Å². The van der Waals surface area contributed by atoms with E-state index in [2.05, 4.69) is 0 Å². The van der Waals surface area contributed by atoms with Gasteiger partial charge < -0.3 is 4.90 Å². The van der Waals surface area contributed by atoms with E-state index in [0.717, 1.165) is 11.3 Å². The number of nitrogens with zero attached hydrogens (tertiary/aromatic N) is 1. The molecule has 0 aromatic heterocycles. The van der Waals surface area contributed by atoms with Crippen LogP contribution in [0, 0.1) is 12.7 Å². The van der Waals surface area contributed by atoms with Crippen molar-refractivity contribution in [2.45, 2.75) is 20.8 Å². The minimum atomic E-state index is -0.374. The number of hydrogen-bond donors (Lipinski definition) is 0. The summed E-state index contributed by atoms with van der Waals surface area (Å²) >= 11 is 0. The van der Waals surface area contributed by atoms with Crippen molar-refractivity contribution in [2.75, 3.05) is 11.4 Å². The average molecular weight is 271 g/mol. The van der Waals surface area contributed by atoms with Crippen LogP contribution in [0.5, 0.6) is 0 Å². The molecule has 2 rings (SSSR count).